The van der Waals surface area contributed by atoms with Crippen LogP contribution in [0.25, 0.3) is 0 Å². The van der Waals surface area contributed by atoms with E-state index in [0.29, 0.717) is 19.1 Å². The van der Waals surface area contributed by atoms with Gasteiger partial charge in [0.15, 0.2) is 0 Å². The van der Waals surface area contributed by atoms with Crippen LogP contribution in [0.1, 0.15) is 62.5 Å². The average Bonchev–Trinajstić information content (AvgIpc) is 2.83. The van der Waals surface area contributed by atoms with Crippen molar-refractivity contribution in [2.24, 2.45) is 11.3 Å². The number of halogens is 1. The van der Waals surface area contributed by atoms with Crippen LogP contribution in [0.5, 0.6) is 5.75 Å². The average molecular weight is 479 g/mol. The van der Waals surface area contributed by atoms with Gasteiger partial charge in [-0.2, -0.15) is 0 Å². The maximum Gasteiger partial charge on any atom is 0.225 e. The zero-order valence-electron chi connectivity index (χ0n) is 20.9. The van der Waals surface area contributed by atoms with E-state index in [1.54, 1.807) is 12.1 Å². The Labute approximate surface area is 209 Å². The third-order valence-corrected chi connectivity index (χ3v) is 8.54. The minimum atomic E-state index is -0.139. The smallest absolute Gasteiger partial charge is 0.225 e. The number of hydrogen-bond donors (Lipinski definition) is 0. The van der Waals surface area contributed by atoms with Gasteiger partial charge in [-0.05, 0) is 68.1 Å². The number of likely N-dealkylation sites (tertiary alicyclic amines) is 1. The molecule has 0 N–H and O–H groups in total. The second kappa shape index (κ2) is 11.1. The van der Waals surface area contributed by atoms with Crippen molar-refractivity contribution in [3.63, 3.8) is 0 Å². The van der Waals surface area contributed by atoms with Crippen LogP contribution < -0.4 is 4.74 Å². The molecule has 2 aromatic rings. The van der Waals surface area contributed by atoms with Gasteiger partial charge in [0.1, 0.15) is 18.2 Å². The summed E-state index contributed by atoms with van der Waals surface area (Å²) in [6.45, 7) is 4.59. The largest absolute Gasteiger partial charge is 0.492 e. The number of hydrogen-bond acceptors (Lipinski definition) is 3. The van der Waals surface area contributed by atoms with Crippen molar-refractivity contribution in [1.29, 1.82) is 0 Å². The Morgan fingerprint density at radius 3 is 2.49 bits per heavy atom. The number of ether oxygens (including phenoxy) is 1. The van der Waals surface area contributed by atoms with E-state index in [0.717, 1.165) is 82.4 Å². The van der Waals surface area contributed by atoms with Crippen LogP contribution >= 0.6 is 0 Å². The number of para-hydroxylation sites is 1. The van der Waals surface area contributed by atoms with E-state index < -0.39 is 0 Å². The van der Waals surface area contributed by atoms with Gasteiger partial charge in [0.05, 0.1) is 0 Å². The highest BCUT2D eigenvalue weighted by Gasteiger charge is 2.39. The molecule has 1 saturated heterocycles. The summed E-state index contributed by atoms with van der Waals surface area (Å²) in [5.74, 6) is 1.50. The first-order valence-electron chi connectivity index (χ1n) is 13.6. The Kier molecular flexibility index (Phi) is 7.72. The number of piperidine rings is 1. The summed E-state index contributed by atoms with van der Waals surface area (Å²) in [6, 6.07) is 15.5. The number of benzene rings is 2. The molecule has 1 saturated carbocycles. The van der Waals surface area contributed by atoms with E-state index in [2.05, 4.69) is 28.0 Å². The lowest BCUT2D eigenvalue weighted by Crippen LogP contribution is -2.50. The minimum Gasteiger partial charge on any atom is -0.492 e. The molecule has 0 atom stereocenters. The Morgan fingerprint density at radius 2 is 1.71 bits per heavy atom. The van der Waals surface area contributed by atoms with E-state index in [1.165, 1.54) is 18.4 Å². The maximum absolute atomic E-state index is 14.6. The monoisotopic (exact) mass is 478 g/mol. The van der Waals surface area contributed by atoms with Crippen molar-refractivity contribution in [1.82, 2.24) is 9.80 Å². The minimum absolute atomic E-state index is 0.139. The molecule has 1 amide bonds. The molecule has 188 valence electrons. The van der Waals surface area contributed by atoms with Crippen molar-refractivity contribution < 1.29 is 13.9 Å². The van der Waals surface area contributed by atoms with Gasteiger partial charge in [0.2, 0.25) is 5.91 Å². The highest BCUT2D eigenvalue weighted by atomic mass is 19.1. The van der Waals surface area contributed by atoms with Crippen molar-refractivity contribution in [2.45, 2.75) is 64.3 Å². The first kappa shape index (κ1) is 24.3. The Morgan fingerprint density at radius 1 is 0.943 bits per heavy atom. The van der Waals surface area contributed by atoms with Crippen molar-refractivity contribution in [2.75, 3.05) is 32.8 Å². The molecular weight excluding hydrogens is 439 g/mol. The predicted molar refractivity (Wildman–Crippen MR) is 137 cm³/mol. The molecule has 2 fully saturated rings. The SMILES string of the molecule is O=C(C1CCC1)N1CCC2(CCCCc3ccccc3OCCN(Cc3ccccc3F)C2)CC1. The lowest BCUT2D eigenvalue weighted by molar-refractivity contribution is -0.141. The molecule has 35 heavy (non-hydrogen) atoms. The topological polar surface area (TPSA) is 32.8 Å². The number of rotatable bonds is 3. The molecule has 0 radical (unpaired) electrons. The summed E-state index contributed by atoms with van der Waals surface area (Å²) in [5, 5.41) is 0. The fourth-order valence-corrected chi connectivity index (χ4v) is 6.11. The summed E-state index contributed by atoms with van der Waals surface area (Å²) in [4.78, 5) is 17.4. The molecule has 0 bridgehead atoms. The highest BCUT2D eigenvalue weighted by molar-refractivity contribution is 5.79. The van der Waals surface area contributed by atoms with Gasteiger partial charge in [-0.1, -0.05) is 49.2 Å². The van der Waals surface area contributed by atoms with Crippen LogP contribution in [0.3, 0.4) is 0 Å². The van der Waals surface area contributed by atoms with Crippen molar-refractivity contribution >= 4 is 5.91 Å². The van der Waals surface area contributed by atoms with Gasteiger partial charge < -0.3 is 9.64 Å². The van der Waals surface area contributed by atoms with Gasteiger partial charge in [0, 0.05) is 44.2 Å². The molecule has 2 heterocycles. The van der Waals surface area contributed by atoms with Gasteiger partial charge in [0.25, 0.3) is 0 Å². The fourth-order valence-electron chi connectivity index (χ4n) is 6.11. The zero-order chi connectivity index (χ0) is 24.1. The summed E-state index contributed by atoms with van der Waals surface area (Å²) >= 11 is 0. The molecule has 3 aliphatic rings. The molecule has 1 spiro atoms. The lowest BCUT2D eigenvalue weighted by atomic mass is 9.73. The highest BCUT2D eigenvalue weighted by Crippen LogP contribution is 2.40. The molecule has 0 aromatic heterocycles. The molecule has 5 heteroatoms. The molecule has 4 nitrogen and oxygen atoms in total. The number of aryl methyl sites for hydroxylation is 1. The molecule has 0 unspecified atom stereocenters. The van der Waals surface area contributed by atoms with Crippen molar-refractivity contribution in [3.8, 4) is 5.75 Å². The summed E-state index contributed by atoms with van der Waals surface area (Å²) in [6.07, 6.45) is 9.92. The standard InChI is InChI=1S/C30H39FN2O2/c31-27-13-3-1-10-26(27)22-32-20-21-35-28-14-4-2-8-24(28)9-5-6-15-30(23-32)16-18-33(19-17-30)29(34)25-11-7-12-25/h1-4,8,10,13-14,25H,5-7,9,11-12,15-23H2. The first-order chi connectivity index (χ1) is 17.1. The number of fused-ring (bicyclic) bond motifs is 1. The maximum atomic E-state index is 14.6. The third kappa shape index (κ3) is 5.88. The van der Waals surface area contributed by atoms with Crippen LogP contribution in [0.2, 0.25) is 0 Å². The van der Waals surface area contributed by atoms with Crippen molar-refractivity contribution in [3.05, 3.63) is 65.5 Å². The molecule has 2 aliphatic heterocycles. The Hall–Kier alpha value is -2.40. The van der Waals surface area contributed by atoms with Gasteiger partial charge in [-0.25, -0.2) is 4.39 Å². The zero-order valence-corrected chi connectivity index (χ0v) is 20.9. The van der Waals surface area contributed by atoms with Crippen LogP contribution in [0.4, 0.5) is 4.39 Å². The second-order valence-corrected chi connectivity index (χ2v) is 10.9. The number of carbonyl (C=O) groups excluding carboxylic acids is 1. The number of nitrogens with zero attached hydrogens (tertiary/aromatic N) is 2. The van der Waals surface area contributed by atoms with Crippen LogP contribution in [0, 0.1) is 17.2 Å². The normalized spacial score (nSPS) is 21.8. The number of carbonyl (C=O) groups is 1. The summed E-state index contributed by atoms with van der Waals surface area (Å²) < 4.78 is 20.8. The predicted octanol–water partition coefficient (Wildman–Crippen LogP) is 5.84. The first-order valence-corrected chi connectivity index (χ1v) is 13.6. The quantitative estimate of drug-likeness (QED) is 0.555. The lowest BCUT2D eigenvalue weighted by Gasteiger charge is -2.46. The van der Waals surface area contributed by atoms with Gasteiger partial charge >= 0.3 is 0 Å². The Bertz CT molecular complexity index is 997. The fraction of sp³-hybridized carbons (Fsp3) is 0.567. The molecule has 5 rings (SSSR count). The molecule has 1 aliphatic carbocycles. The van der Waals surface area contributed by atoms with Gasteiger partial charge in [-0.3, -0.25) is 9.69 Å². The molecular formula is C30H39FN2O2. The molecule has 2 aromatic carbocycles. The van der Waals surface area contributed by atoms with Gasteiger partial charge in [-0.15, -0.1) is 0 Å². The Balaban J connectivity index is 1.33. The second-order valence-electron chi connectivity index (χ2n) is 10.9. The van der Waals surface area contributed by atoms with E-state index in [1.807, 2.05) is 18.2 Å². The van der Waals surface area contributed by atoms with E-state index in [9.17, 15) is 9.18 Å². The van der Waals surface area contributed by atoms with E-state index >= 15 is 0 Å². The van der Waals surface area contributed by atoms with E-state index in [4.69, 9.17) is 4.74 Å². The van der Waals surface area contributed by atoms with Crippen LogP contribution in [-0.4, -0.2) is 48.5 Å². The number of amides is 1. The van der Waals surface area contributed by atoms with E-state index in [-0.39, 0.29) is 17.2 Å². The van der Waals surface area contributed by atoms with Crippen LogP contribution in [0.15, 0.2) is 48.5 Å². The summed E-state index contributed by atoms with van der Waals surface area (Å²) in [5.41, 5.74) is 2.19. The third-order valence-electron chi connectivity index (χ3n) is 8.54. The van der Waals surface area contributed by atoms with Crippen LogP contribution in [-0.2, 0) is 17.8 Å². The summed E-state index contributed by atoms with van der Waals surface area (Å²) in [7, 11) is 0.